The van der Waals surface area contributed by atoms with E-state index in [9.17, 15) is 9.18 Å². The first-order chi connectivity index (χ1) is 8.97. The number of nitrogen functional groups attached to an aromatic ring is 1. The fraction of sp³-hybridized carbons (Fsp3) is 0. The summed E-state index contributed by atoms with van der Waals surface area (Å²) in [5, 5.41) is 2.93. The third-order valence-corrected chi connectivity index (χ3v) is 3.25. The Hall–Kier alpha value is -1.59. The maximum Gasteiger partial charge on any atom is 0.257 e. The minimum atomic E-state index is -0.529. The van der Waals surface area contributed by atoms with Gasteiger partial charge >= 0.3 is 0 Å². The van der Waals surface area contributed by atoms with Gasteiger partial charge in [-0.2, -0.15) is 0 Å². The van der Waals surface area contributed by atoms with Crippen LogP contribution in [0.5, 0.6) is 0 Å². The molecule has 0 unspecified atom stereocenters. The molecule has 0 saturated heterocycles. The second-order valence-electron chi connectivity index (χ2n) is 3.81. The topological polar surface area (TPSA) is 55.1 Å². The van der Waals surface area contributed by atoms with Crippen molar-refractivity contribution in [2.45, 2.75) is 0 Å². The summed E-state index contributed by atoms with van der Waals surface area (Å²) in [6, 6.07) is 8.90. The normalized spacial score (nSPS) is 10.3. The lowest BCUT2D eigenvalue weighted by Gasteiger charge is -2.08. The maximum atomic E-state index is 13.0. The van der Waals surface area contributed by atoms with Crippen molar-refractivity contribution in [1.82, 2.24) is 0 Å². The van der Waals surface area contributed by atoms with E-state index < -0.39 is 11.7 Å². The maximum absolute atomic E-state index is 13.0. The van der Waals surface area contributed by atoms with E-state index >= 15 is 0 Å². The largest absolute Gasteiger partial charge is 0.396 e. The van der Waals surface area contributed by atoms with E-state index in [0.717, 1.165) is 4.47 Å². The highest BCUT2D eigenvalue weighted by molar-refractivity contribution is 9.10. The van der Waals surface area contributed by atoms with Crippen LogP contribution in [-0.4, -0.2) is 5.91 Å². The van der Waals surface area contributed by atoms with Gasteiger partial charge in [0.2, 0.25) is 0 Å². The summed E-state index contributed by atoms with van der Waals surface area (Å²) in [4.78, 5) is 12.0. The molecule has 0 fully saturated rings. The average molecular weight is 344 g/mol. The van der Waals surface area contributed by atoms with Gasteiger partial charge in [0.25, 0.3) is 5.91 Å². The summed E-state index contributed by atoms with van der Waals surface area (Å²) in [5.74, 6) is -0.921. The molecular weight excluding hydrogens is 335 g/mol. The zero-order valence-corrected chi connectivity index (χ0v) is 11.9. The van der Waals surface area contributed by atoms with Crippen molar-refractivity contribution in [3.63, 3.8) is 0 Å². The molecule has 6 heteroatoms. The van der Waals surface area contributed by atoms with Crippen molar-refractivity contribution >= 4 is 44.8 Å². The second-order valence-corrected chi connectivity index (χ2v) is 5.14. The zero-order chi connectivity index (χ0) is 14.0. The van der Waals surface area contributed by atoms with E-state index in [2.05, 4.69) is 21.2 Å². The standard InChI is InChI=1S/C13H9BrClFN2O/c14-7-1-3-10(15)9(5-7)13(19)18-8-2-4-11(16)12(17)6-8/h1-6H,17H2,(H,18,19). The van der Waals surface area contributed by atoms with Crippen LogP contribution in [0, 0.1) is 5.82 Å². The van der Waals surface area contributed by atoms with Crippen LogP contribution >= 0.6 is 27.5 Å². The number of hydrogen-bond acceptors (Lipinski definition) is 2. The Labute approximate surface area is 122 Å². The molecule has 0 spiro atoms. The number of nitrogens with one attached hydrogen (secondary N) is 1. The van der Waals surface area contributed by atoms with E-state index in [1.54, 1.807) is 18.2 Å². The third kappa shape index (κ3) is 3.24. The highest BCUT2D eigenvalue weighted by atomic mass is 79.9. The number of amides is 1. The van der Waals surface area contributed by atoms with Crippen molar-refractivity contribution in [2.75, 3.05) is 11.1 Å². The van der Waals surface area contributed by atoms with Gasteiger partial charge in [0.05, 0.1) is 16.3 Å². The molecule has 19 heavy (non-hydrogen) atoms. The highest BCUT2D eigenvalue weighted by Gasteiger charge is 2.11. The first-order valence-corrected chi connectivity index (χ1v) is 6.46. The molecule has 0 aliphatic heterocycles. The van der Waals surface area contributed by atoms with Crippen LogP contribution in [0.3, 0.4) is 0 Å². The Balaban J connectivity index is 2.25. The van der Waals surface area contributed by atoms with Crippen LogP contribution < -0.4 is 11.1 Å². The van der Waals surface area contributed by atoms with Gasteiger partial charge < -0.3 is 11.1 Å². The van der Waals surface area contributed by atoms with Gasteiger partial charge in [0.15, 0.2) is 0 Å². The monoisotopic (exact) mass is 342 g/mol. The molecule has 1 amide bonds. The van der Waals surface area contributed by atoms with E-state index in [1.165, 1.54) is 18.2 Å². The number of rotatable bonds is 2. The lowest BCUT2D eigenvalue weighted by molar-refractivity contribution is 0.102. The van der Waals surface area contributed by atoms with E-state index in [-0.39, 0.29) is 5.69 Å². The predicted molar refractivity (Wildman–Crippen MR) is 77.9 cm³/mol. The molecule has 2 rings (SSSR count). The van der Waals surface area contributed by atoms with Crippen LogP contribution in [0.25, 0.3) is 0 Å². The van der Waals surface area contributed by atoms with Gasteiger partial charge in [-0.15, -0.1) is 0 Å². The number of carbonyl (C=O) groups is 1. The van der Waals surface area contributed by atoms with Crippen LogP contribution in [0.4, 0.5) is 15.8 Å². The van der Waals surface area contributed by atoms with E-state index in [4.69, 9.17) is 17.3 Å². The van der Waals surface area contributed by atoms with Crippen molar-refractivity contribution in [1.29, 1.82) is 0 Å². The number of halogens is 3. The molecule has 98 valence electrons. The molecule has 2 aromatic rings. The minimum absolute atomic E-state index is 0.0295. The smallest absolute Gasteiger partial charge is 0.257 e. The number of anilines is 2. The fourth-order valence-corrected chi connectivity index (χ4v) is 2.06. The van der Waals surface area contributed by atoms with E-state index in [1.807, 2.05) is 0 Å². The lowest BCUT2D eigenvalue weighted by Crippen LogP contribution is -2.12. The SMILES string of the molecule is Nc1cc(NC(=O)c2cc(Br)ccc2Cl)ccc1F. The zero-order valence-electron chi connectivity index (χ0n) is 9.58. The summed E-state index contributed by atoms with van der Waals surface area (Å²) in [6.45, 7) is 0. The van der Waals surface area contributed by atoms with Gasteiger partial charge in [-0.3, -0.25) is 4.79 Å². The molecular formula is C13H9BrClFN2O. The highest BCUT2D eigenvalue weighted by Crippen LogP contribution is 2.23. The second kappa shape index (κ2) is 5.59. The van der Waals surface area contributed by atoms with Crippen molar-refractivity contribution in [3.8, 4) is 0 Å². The molecule has 0 aromatic heterocycles. The molecule has 0 bridgehead atoms. The molecule has 0 atom stereocenters. The van der Waals surface area contributed by atoms with Crippen molar-refractivity contribution in [2.24, 2.45) is 0 Å². The van der Waals surface area contributed by atoms with Crippen LogP contribution in [0.15, 0.2) is 40.9 Å². The first kappa shape index (κ1) is 13.8. The van der Waals surface area contributed by atoms with Crippen LogP contribution in [0.1, 0.15) is 10.4 Å². The number of carbonyl (C=O) groups excluding carboxylic acids is 1. The third-order valence-electron chi connectivity index (χ3n) is 2.43. The molecule has 0 aliphatic carbocycles. The molecule has 0 saturated carbocycles. The minimum Gasteiger partial charge on any atom is -0.396 e. The van der Waals surface area contributed by atoms with Crippen LogP contribution in [-0.2, 0) is 0 Å². The summed E-state index contributed by atoms with van der Waals surface area (Å²) in [5.41, 5.74) is 6.12. The predicted octanol–water partition coefficient (Wildman–Crippen LogP) is 4.08. The molecule has 2 aromatic carbocycles. The Bertz CT molecular complexity index is 649. The first-order valence-electron chi connectivity index (χ1n) is 5.29. The van der Waals surface area contributed by atoms with Crippen molar-refractivity contribution < 1.29 is 9.18 Å². The Morgan fingerprint density at radius 2 is 2.00 bits per heavy atom. The van der Waals surface area contributed by atoms with E-state index in [0.29, 0.717) is 16.3 Å². The molecule has 0 radical (unpaired) electrons. The van der Waals surface area contributed by atoms with Gasteiger partial charge in [0.1, 0.15) is 5.82 Å². The summed E-state index contributed by atoms with van der Waals surface area (Å²) < 4.78 is 13.7. The average Bonchev–Trinajstić information content (AvgIpc) is 2.36. The van der Waals surface area contributed by atoms with Crippen molar-refractivity contribution in [3.05, 3.63) is 57.3 Å². The Kier molecular flexibility index (Phi) is 4.07. The van der Waals surface area contributed by atoms with Gasteiger partial charge in [-0.05, 0) is 36.4 Å². The molecule has 0 heterocycles. The summed E-state index contributed by atoms with van der Waals surface area (Å²) >= 11 is 9.21. The van der Waals surface area contributed by atoms with Gasteiger partial charge in [0, 0.05) is 10.2 Å². The van der Waals surface area contributed by atoms with Gasteiger partial charge in [-0.25, -0.2) is 4.39 Å². The Morgan fingerprint density at radius 1 is 1.26 bits per heavy atom. The fourth-order valence-electron chi connectivity index (χ4n) is 1.49. The lowest BCUT2D eigenvalue weighted by atomic mass is 10.2. The number of nitrogens with two attached hydrogens (primary N) is 1. The molecule has 3 nitrogen and oxygen atoms in total. The summed E-state index contributed by atoms with van der Waals surface area (Å²) in [6.07, 6.45) is 0. The number of benzene rings is 2. The summed E-state index contributed by atoms with van der Waals surface area (Å²) in [7, 11) is 0. The molecule has 3 N–H and O–H groups in total. The Morgan fingerprint density at radius 3 is 2.68 bits per heavy atom. The van der Waals surface area contributed by atoms with Gasteiger partial charge in [-0.1, -0.05) is 27.5 Å². The van der Waals surface area contributed by atoms with Crippen LogP contribution in [0.2, 0.25) is 5.02 Å². The number of hydrogen-bond donors (Lipinski definition) is 2. The quantitative estimate of drug-likeness (QED) is 0.807. The molecule has 0 aliphatic rings.